The molecule has 0 heterocycles. The Kier molecular flexibility index (Phi) is 1.76. The number of fused-ring (bicyclic) bond motifs is 2. The fraction of sp³-hybridized carbons (Fsp3) is 0.438. The Bertz CT molecular complexity index is 599. The van der Waals surface area contributed by atoms with Gasteiger partial charge in [-0.25, -0.2) is 0 Å². The first-order valence-electron chi connectivity index (χ1n) is 6.60. The summed E-state index contributed by atoms with van der Waals surface area (Å²) in [4.78, 5) is 11.7. The number of ether oxygens (including phenoxy) is 1. The summed E-state index contributed by atoms with van der Waals surface area (Å²) in [5.41, 5.74) is 4.45. The molecule has 0 amide bonds. The summed E-state index contributed by atoms with van der Waals surface area (Å²) in [6, 6.07) is 6.42. The normalized spacial score (nSPS) is 35.4. The van der Waals surface area contributed by atoms with Crippen LogP contribution < -0.4 is 4.74 Å². The zero-order valence-electron chi connectivity index (χ0n) is 10.7. The number of hydrogen-bond acceptors (Lipinski definition) is 2. The van der Waals surface area contributed by atoms with E-state index in [2.05, 4.69) is 25.1 Å². The van der Waals surface area contributed by atoms with E-state index in [0.717, 1.165) is 12.2 Å². The molecule has 0 aromatic heterocycles. The largest absolute Gasteiger partial charge is 0.497 e. The van der Waals surface area contributed by atoms with Crippen molar-refractivity contribution in [3.8, 4) is 5.75 Å². The van der Waals surface area contributed by atoms with Gasteiger partial charge in [0.25, 0.3) is 0 Å². The predicted molar refractivity (Wildman–Crippen MR) is 68.7 cm³/mol. The van der Waals surface area contributed by atoms with Gasteiger partial charge in [0, 0.05) is 11.8 Å². The number of hydrogen-bond donors (Lipinski definition) is 0. The van der Waals surface area contributed by atoms with Gasteiger partial charge >= 0.3 is 0 Å². The number of allylic oxidation sites excluding steroid dienone is 2. The Labute approximate surface area is 107 Å². The van der Waals surface area contributed by atoms with Crippen molar-refractivity contribution in [2.75, 3.05) is 7.11 Å². The summed E-state index contributed by atoms with van der Waals surface area (Å²) in [6.07, 6.45) is 3.69. The molecular weight excluding hydrogens is 224 g/mol. The minimum Gasteiger partial charge on any atom is -0.497 e. The van der Waals surface area contributed by atoms with Crippen molar-refractivity contribution >= 4 is 5.78 Å². The molecule has 2 heteroatoms. The highest BCUT2D eigenvalue weighted by atomic mass is 16.5. The topological polar surface area (TPSA) is 26.3 Å². The lowest BCUT2D eigenvalue weighted by Gasteiger charge is -2.25. The van der Waals surface area contributed by atoms with Gasteiger partial charge in [-0.15, -0.1) is 0 Å². The summed E-state index contributed by atoms with van der Waals surface area (Å²) in [6.45, 7) is 2.23. The summed E-state index contributed by atoms with van der Waals surface area (Å²) in [7, 11) is 1.71. The summed E-state index contributed by atoms with van der Waals surface area (Å²) >= 11 is 0. The Morgan fingerprint density at radius 3 is 2.94 bits per heavy atom. The molecule has 0 aliphatic heterocycles. The SMILES string of the molecule is COc1ccc2c(c1)CC1C3=CC(=O)CC(C)C321. The van der Waals surface area contributed by atoms with Gasteiger partial charge in [0.2, 0.25) is 0 Å². The number of carbonyl (C=O) groups excluding carboxylic acids is 1. The molecule has 1 aromatic rings. The molecule has 18 heavy (non-hydrogen) atoms. The van der Waals surface area contributed by atoms with Crippen LogP contribution in [0.4, 0.5) is 0 Å². The van der Waals surface area contributed by atoms with E-state index >= 15 is 0 Å². The smallest absolute Gasteiger partial charge is 0.155 e. The van der Waals surface area contributed by atoms with Gasteiger partial charge in [-0.05, 0) is 47.6 Å². The average Bonchev–Trinajstić information content (AvgIpc) is 2.85. The third-order valence-corrected chi connectivity index (χ3v) is 5.10. The Hall–Kier alpha value is -1.57. The minimum atomic E-state index is 0.204. The lowest BCUT2D eigenvalue weighted by molar-refractivity contribution is -0.115. The second kappa shape index (κ2) is 3.05. The molecule has 2 nitrogen and oxygen atoms in total. The van der Waals surface area contributed by atoms with Gasteiger partial charge in [-0.3, -0.25) is 4.79 Å². The maximum absolute atomic E-state index is 11.7. The quantitative estimate of drug-likeness (QED) is 0.754. The molecule has 1 spiro atoms. The Morgan fingerprint density at radius 1 is 1.33 bits per heavy atom. The molecule has 1 saturated carbocycles. The highest BCUT2D eigenvalue weighted by Crippen LogP contribution is 2.71. The second-order valence-corrected chi connectivity index (χ2v) is 5.82. The molecule has 3 aliphatic rings. The Morgan fingerprint density at radius 2 is 2.17 bits per heavy atom. The molecule has 92 valence electrons. The number of carbonyl (C=O) groups is 1. The molecule has 0 N–H and O–H groups in total. The van der Waals surface area contributed by atoms with Crippen LogP contribution in [-0.2, 0) is 16.6 Å². The van der Waals surface area contributed by atoms with E-state index < -0.39 is 0 Å². The maximum Gasteiger partial charge on any atom is 0.155 e. The third-order valence-electron chi connectivity index (χ3n) is 5.10. The fourth-order valence-corrected chi connectivity index (χ4v) is 4.35. The van der Waals surface area contributed by atoms with E-state index in [1.165, 1.54) is 16.7 Å². The molecule has 0 saturated heterocycles. The molecule has 1 fully saturated rings. The van der Waals surface area contributed by atoms with Crippen molar-refractivity contribution in [3.63, 3.8) is 0 Å². The first-order valence-corrected chi connectivity index (χ1v) is 6.60. The van der Waals surface area contributed by atoms with Crippen LogP contribution in [0.5, 0.6) is 5.75 Å². The van der Waals surface area contributed by atoms with E-state index in [1.54, 1.807) is 7.11 Å². The van der Waals surface area contributed by atoms with E-state index in [1.807, 2.05) is 6.08 Å². The zero-order valence-corrected chi connectivity index (χ0v) is 10.7. The molecule has 4 rings (SSSR count). The van der Waals surface area contributed by atoms with Gasteiger partial charge in [0.1, 0.15) is 5.75 Å². The molecule has 3 unspecified atom stereocenters. The first-order chi connectivity index (χ1) is 8.67. The van der Waals surface area contributed by atoms with Crippen molar-refractivity contribution < 1.29 is 9.53 Å². The van der Waals surface area contributed by atoms with Crippen LogP contribution in [0.1, 0.15) is 24.5 Å². The van der Waals surface area contributed by atoms with Crippen molar-refractivity contribution in [1.29, 1.82) is 0 Å². The summed E-state index contributed by atoms with van der Waals surface area (Å²) in [5.74, 6) is 2.29. The lowest BCUT2D eigenvalue weighted by atomic mass is 9.77. The number of methoxy groups -OCH3 is 1. The molecule has 3 aliphatic carbocycles. The van der Waals surface area contributed by atoms with Crippen LogP contribution in [0.25, 0.3) is 0 Å². The number of rotatable bonds is 1. The van der Waals surface area contributed by atoms with Crippen LogP contribution in [0, 0.1) is 11.8 Å². The van der Waals surface area contributed by atoms with Crippen molar-refractivity contribution in [3.05, 3.63) is 41.0 Å². The molecule has 0 radical (unpaired) electrons. The van der Waals surface area contributed by atoms with Crippen LogP contribution in [0.15, 0.2) is 29.8 Å². The molecule has 1 aromatic carbocycles. The molecule has 3 atom stereocenters. The number of ketones is 1. The van der Waals surface area contributed by atoms with Gasteiger partial charge < -0.3 is 4.74 Å². The zero-order chi connectivity index (χ0) is 12.5. The van der Waals surface area contributed by atoms with E-state index in [4.69, 9.17) is 4.74 Å². The summed E-state index contributed by atoms with van der Waals surface area (Å²) < 4.78 is 5.30. The highest BCUT2D eigenvalue weighted by molar-refractivity contribution is 5.95. The lowest BCUT2D eigenvalue weighted by Crippen LogP contribution is -2.24. The molecular formula is C16H16O2. The van der Waals surface area contributed by atoms with Crippen LogP contribution in [0.3, 0.4) is 0 Å². The van der Waals surface area contributed by atoms with E-state index in [0.29, 0.717) is 24.0 Å². The van der Waals surface area contributed by atoms with Gasteiger partial charge in [0.05, 0.1) is 7.11 Å². The van der Waals surface area contributed by atoms with Crippen LogP contribution in [-0.4, -0.2) is 12.9 Å². The van der Waals surface area contributed by atoms with E-state index in [-0.39, 0.29) is 5.41 Å². The second-order valence-electron chi connectivity index (χ2n) is 5.82. The van der Waals surface area contributed by atoms with Crippen molar-refractivity contribution in [1.82, 2.24) is 0 Å². The highest BCUT2D eigenvalue weighted by Gasteiger charge is 2.68. The van der Waals surface area contributed by atoms with Gasteiger partial charge in [0.15, 0.2) is 5.78 Å². The molecule has 0 bridgehead atoms. The fourth-order valence-electron chi connectivity index (χ4n) is 4.35. The first kappa shape index (κ1) is 10.4. The van der Waals surface area contributed by atoms with Crippen molar-refractivity contribution in [2.24, 2.45) is 11.8 Å². The Balaban J connectivity index is 1.88. The standard InChI is InChI=1S/C16H16O2/c1-9-5-11(17)8-15-14-7-10-6-12(18-2)3-4-13(10)16(9,14)15/h3-4,6,8-9,14H,5,7H2,1-2H3. The van der Waals surface area contributed by atoms with Crippen LogP contribution >= 0.6 is 0 Å². The predicted octanol–water partition coefficient (Wildman–Crippen LogP) is 2.65. The van der Waals surface area contributed by atoms with Crippen LogP contribution in [0.2, 0.25) is 0 Å². The third kappa shape index (κ3) is 0.984. The van der Waals surface area contributed by atoms with E-state index in [9.17, 15) is 4.79 Å². The maximum atomic E-state index is 11.7. The van der Waals surface area contributed by atoms with Gasteiger partial charge in [-0.2, -0.15) is 0 Å². The average molecular weight is 240 g/mol. The number of benzene rings is 1. The monoisotopic (exact) mass is 240 g/mol. The summed E-state index contributed by atoms with van der Waals surface area (Å²) in [5, 5.41) is 0. The minimum absolute atomic E-state index is 0.204. The van der Waals surface area contributed by atoms with Gasteiger partial charge in [-0.1, -0.05) is 18.6 Å². The van der Waals surface area contributed by atoms with Crippen molar-refractivity contribution in [2.45, 2.75) is 25.2 Å².